The van der Waals surface area contributed by atoms with Crippen LogP contribution in [0.15, 0.2) is 41.4 Å². The van der Waals surface area contributed by atoms with E-state index >= 15 is 0 Å². The molecule has 4 aromatic rings. The lowest BCUT2D eigenvalue weighted by Gasteiger charge is -2.12. The van der Waals surface area contributed by atoms with Gasteiger partial charge in [0.1, 0.15) is 17.5 Å². The smallest absolute Gasteiger partial charge is 0.351 e. The summed E-state index contributed by atoms with van der Waals surface area (Å²) in [7, 11) is 1.73. The van der Waals surface area contributed by atoms with Crippen LogP contribution in [0.1, 0.15) is 50.8 Å². The van der Waals surface area contributed by atoms with Crippen molar-refractivity contribution in [2.75, 3.05) is 5.32 Å². The third kappa shape index (κ3) is 4.44. The molecule has 0 spiro atoms. The minimum Gasteiger partial charge on any atom is -0.351 e. The number of aromatic nitrogens is 5. The maximum absolute atomic E-state index is 13.1. The summed E-state index contributed by atoms with van der Waals surface area (Å²) in [5, 5.41) is 8.82. The molecule has 0 aliphatic carbocycles. The van der Waals surface area contributed by atoms with Crippen LogP contribution in [0.25, 0.3) is 11.2 Å². The third-order valence-electron chi connectivity index (χ3n) is 5.06. The molecule has 2 amide bonds. The van der Waals surface area contributed by atoms with Gasteiger partial charge < -0.3 is 19.7 Å². The summed E-state index contributed by atoms with van der Waals surface area (Å²) >= 11 is 0. The van der Waals surface area contributed by atoms with Gasteiger partial charge >= 0.3 is 6.18 Å². The van der Waals surface area contributed by atoms with E-state index in [4.69, 9.17) is 4.52 Å². The van der Waals surface area contributed by atoms with Crippen LogP contribution >= 0.6 is 0 Å². The summed E-state index contributed by atoms with van der Waals surface area (Å²) < 4.78 is 46.0. The molecule has 10 nitrogen and oxygen atoms in total. The molecule has 34 heavy (non-hydrogen) atoms. The Bertz CT molecular complexity index is 1390. The van der Waals surface area contributed by atoms with E-state index in [-0.39, 0.29) is 28.4 Å². The van der Waals surface area contributed by atoms with E-state index in [2.05, 4.69) is 30.7 Å². The van der Waals surface area contributed by atoms with E-state index in [0.717, 1.165) is 6.07 Å². The molecule has 2 N–H and O–H groups in total. The van der Waals surface area contributed by atoms with E-state index in [0.29, 0.717) is 11.2 Å². The molecule has 0 saturated carbocycles. The van der Waals surface area contributed by atoms with Gasteiger partial charge in [-0.1, -0.05) is 11.2 Å². The largest absolute Gasteiger partial charge is 0.416 e. The zero-order valence-electron chi connectivity index (χ0n) is 18.1. The number of carbonyl (C=O) groups excluding carboxylic acids is 2. The van der Waals surface area contributed by atoms with E-state index in [1.54, 1.807) is 18.5 Å². The van der Waals surface area contributed by atoms with Crippen molar-refractivity contribution in [3.63, 3.8) is 0 Å². The average molecular weight is 473 g/mol. The topological polar surface area (TPSA) is 128 Å². The number of aryl methyl sites for hydroxylation is 2. The molecule has 0 unspecified atom stereocenters. The van der Waals surface area contributed by atoms with Crippen molar-refractivity contribution < 1.29 is 27.3 Å². The first-order valence-electron chi connectivity index (χ1n) is 9.93. The summed E-state index contributed by atoms with van der Waals surface area (Å²) in [6.07, 6.45) is -1.80. The Hall–Kier alpha value is -4.29. The number of benzene rings is 1. The third-order valence-corrected chi connectivity index (χ3v) is 5.06. The number of halogens is 3. The van der Waals surface area contributed by atoms with E-state index < -0.39 is 29.6 Å². The zero-order valence-corrected chi connectivity index (χ0v) is 18.1. The van der Waals surface area contributed by atoms with Crippen LogP contribution in [-0.2, 0) is 13.2 Å². The molecule has 0 bridgehead atoms. The van der Waals surface area contributed by atoms with Gasteiger partial charge in [-0.2, -0.15) is 13.2 Å². The first kappa shape index (κ1) is 22.9. The van der Waals surface area contributed by atoms with Crippen LogP contribution in [0, 0.1) is 6.92 Å². The van der Waals surface area contributed by atoms with Gasteiger partial charge in [0.05, 0.1) is 17.9 Å². The molecular weight excluding hydrogens is 455 g/mol. The molecule has 13 heteroatoms. The predicted octanol–water partition coefficient (Wildman–Crippen LogP) is 3.42. The maximum atomic E-state index is 13.1. The van der Waals surface area contributed by atoms with Crippen LogP contribution in [-0.4, -0.2) is 36.5 Å². The summed E-state index contributed by atoms with van der Waals surface area (Å²) in [5.41, 5.74) is 0.230. The molecule has 3 heterocycles. The molecule has 0 saturated heterocycles. The number of carbonyl (C=O) groups is 2. The minimum absolute atomic E-state index is 0.0312. The van der Waals surface area contributed by atoms with Gasteiger partial charge in [-0.05, 0) is 31.5 Å². The Morgan fingerprint density at radius 1 is 1.12 bits per heavy atom. The summed E-state index contributed by atoms with van der Waals surface area (Å²) in [6, 6.07) is 4.06. The van der Waals surface area contributed by atoms with Crippen molar-refractivity contribution in [3.8, 4) is 0 Å². The molecule has 0 fully saturated rings. The van der Waals surface area contributed by atoms with Crippen LogP contribution in [0.2, 0.25) is 0 Å². The van der Waals surface area contributed by atoms with Gasteiger partial charge in [0.2, 0.25) is 5.76 Å². The van der Waals surface area contributed by atoms with Crippen LogP contribution in [0.4, 0.5) is 18.9 Å². The molecule has 0 aliphatic heterocycles. The Balaban J connectivity index is 1.46. The number of imidazole rings is 1. The molecular formula is C21H18F3N7O3. The normalized spacial score (nSPS) is 12.5. The molecule has 0 radical (unpaired) electrons. The fourth-order valence-corrected chi connectivity index (χ4v) is 3.25. The van der Waals surface area contributed by atoms with Crippen molar-refractivity contribution in [2.24, 2.45) is 7.05 Å². The van der Waals surface area contributed by atoms with Crippen molar-refractivity contribution in [1.29, 1.82) is 0 Å². The van der Waals surface area contributed by atoms with E-state index in [9.17, 15) is 22.8 Å². The average Bonchev–Trinajstić information content (AvgIpc) is 3.42. The highest BCUT2D eigenvalue weighted by molar-refractivity contribution is 6.03. The monoisotopic (exact) mass is 473 g/mol. The van der Waals surface area contributed by atoms with Gasteiger partial charge in [-0.3, -0.25) is 9.59 Å². The fourth-order valence-electron chi connectivity index (χ4n) is 3.25. The molecule has 4 rings (SSSR count). The predicted molar refractivity (Wildman–Crippen MR) is 113 cm³/mol. The molecule has 0 aliphatic rings. The number of alkyl halides is 3. The number of rotatable bonds is 5. The highest BCUT2D eigenvalue weighted by Crippen LogP contribution is 2.33. The molecule has 3 aromatic heterocycles. The van der Waals surface area contributed by atoms with Crippen molar-refractivity contribution >= 4 is 28.7 Å². The van der Waals surface area contributed by atoms with Gasteiger partial charge in [0.25, 0.3) is 11.8 Å². The number of hydrogen-bond acceptors (Lipinski definition) is 7. The lowest BCUT2D eigenvalue weighted by Crippen LogP contribution is -2.28. The van der Waals surface area contributed by atoms with Gasteiger partial charge in [-0.15, -0.1) is 0 Å². The highest BCUT2D eigenvalue weighted by atomic mass is 19.4. The maximum Gasteiger partial charge on any atom is 0.416 e. The second-order valence-electron chi connectivity index (χ2n) is 7.54. The number of nitrogens with one attached hydrogen (secondary N) is 2. The quantitative estimate of drug-likeness (QED) is 0.455. The number of amides is 2. The van der Waals surface area contributed by atoms with E-state index in [1.165, 1.54) is 37.8 Å². The fraction of sp³-hybridized carbons (Fsp3) is 0.238. The number of hydrogen-bond donors (Lipinski definition) is 2. The lowest BCUT2D eigenvalue weighted by molar-refractivity contribution is -0.138. The summed E-state index contributed by atoms with van der Waals surface area (Å²) in [4.78, 5) is 37.3. The second kappa shape index (κ2) is 8.57. The number of nitrogens with zero attached hydrogens (tertiary/aromatic N) is 5. The van der Waals surface area contributed by atoms with E-state index in [1.807, 2.05) is 0 Å². The first-order valence-corrected chi connectivity index (χ1v) is 9.93. The Labute approximate surface area is 190 Å². The summed E-state index contributed by atoms with van der Waals surface area (Å²) in [6.45, 7) is 2.94. The number of fused-ring (bicyclic) bond motifs is 1. The number of anilines is 1. The van der Waals surface area contributed by atoms with Crippen molar-refractivity contribution in [2.45, 2.75) is 26.1 Å². The highest BCUT2D eigenvalue weighted by Gasteiger charge is 2.32. The SMILES string of the molecule is Cc1ccc(NC(=O)c2cc([C@@H](C)NC(=O)c3ncnc4c3ncn4C)no2)cc1C(F)(F)F. The second-order valence-corrected chi connectivity index (χ2v) is 7.54. The molecule has 176 valence electrons. The van der Waals surface area contributed by atoms with Crippen molar-refractivity contribution in [1.82, 2.24) is 30.0 Å². The Morgan fingerprint density at radius 3 is 2.62 bits per heavy atom. The Morgan fingerprint density at radius 2 is 1.88 bits per heavy atom. The minimum atomic E-state index is -4.55. The molecule has 1 aromatic carbocycles. The summed E-state index contributed by atoms with van der Waals surface area (Å²) in [5.74, 6) is -1.56. The van der Waals surface area contributed by atoms with Crippen LogP contribution in [0.3, 0.4) is 0 Å². The Kier molecular flexibility index (Phi) is 5.77. The van der Waals surface area contributed by atoms with Crippen LogP contribution < -0.4 is 10.6 Å². The standard InChI is InChI=1S/C21H18F3N7O3/c1-10-4-5-12(6-13(10)21(22,23)24)29-19(32)15-7-14(30-34-15)11(2)28-20(33)17-16-18(26-8-25-17)31(3)9-27-16/h4-9,11H,1-3H3,(H,28,33)(H,29,32)/t11-/m1/s1. The van der Waals surface area contributed by atoms with Crippen LogP contribution in [0.5, 0.6) is 0 Å². The first-order chi connectivity index (χ1) is 16.0. The van der Waals surface area contributed by atoms with Gasteiger partial charge in [0.15, 0.2) is 11.3 Å². The van der Waals surface area contributed by atoms with Gasteiger partial charge in [-0.25, -0.2) is 15.0 Å². The lowest BCUT2D eigenvalue weighted by atomic mass is 10.1. The van der Waals surface area contributed by atoms with Crippen molar-refractivity contribution in [3.05, 3.63) is 65.2 Å². The molecule has 1 atom stereocenters. The van der Waals surface area contributed by atoms with Gasteiger partial charge in [0, 0.05) is 18.8 Å². The zero-order chi connectivity index (χ0) is 24.6.